The average molecular weight is 306 g/mol. The summed E-state index contributed by atoms with van der Waals surface area (Å²) in [5.74, 6) is -0.415. The first-order valence-corrected chi connectivity index (χ1v) is 7.82. The lowest BCUT2D eigenvalue weighted by atomic mass is 9.95. The molecule has 0 aliphatic carbocycles. The quantitative estimate of drug-likeness (QED) is 0.860. The summed E-state index contributed by atoms with van der Waals surface area (Å²) >= 11 is 0. The van der Waals surface area contributed by atoms with Crippen LogP contribution in [0.1, 0.15) is 38.2 Å². The van der Waals surface area contributed by atoms with E-state index in [4.69, 9.17) is 0 Å². The van der Waals surface area contributed by atoms with Gasteiger partial charge in [0.15, 0.2) is 0 Å². The van der Waals surface area contributed by atoms with Gasteiger partial charge in [0.1, 0.15) is 5.82 Å². The summed E-state index contributed by atoms with van der Waals surface area (Å²) in [6.07, 6.45) is 1.47. The molecule has 1 aromatic rings. The smallest absolute Gasteiger partial charge is 0.230 e. The Labute approximate surface area is 130 Å². The Kier molecular flexibility index (Phi) is 5.52. The van der Waals surface area contributed by atoms with Crippen molar-refractivity contribution >= 4 is 11.8 Å². The highest BCUT2D eigenvalue weighted by molar-refractivity contribution is 5.84. The summed E-state index contributed by atoms with van der Waals surface area (Å²) in [5.41, 5.74) is 0.849. The van der Waals surface area contributed by atoms with Crippen molar-refractivity contribution in [2.24, 2.45) is 0 Å². The Hall–Kier alpha value is -1.91. The van der Waals surface area contributed by atoms with Gasteiger partial charge in [-0.25, -0.2) is 4.39 Å². The molecule has 1 heterocycles. The Morgan fingerprint density at radius 2 is 1.68 bits per heavy atom. The van der Waals surface area contributed by atoms with Crippen LogP contribution in [0.2, 0.25) is 0 Å². The Bertz CT molecular complexity index is 530. The van der Waals surface area contributed by atoms with Gasteiger partial charge in [-0.3, -0.25) is 9.59 Å². The van der Waals surface area contributed by atoms with Crippen molar-refractivity contribution in [1.82, 2.24) is 9.80 Å². The number of carbonyl (C=O) groups excluding carboxylic acids is 2. The van der Waals surface area contributed by atoms with Gasteiger partial charge >= 0.3 is 0 Å². The van der Waals surface area contributed by atoms with Crippen molar-refractivity contribution in [2.45, 2.75) is 32.6 Å². The van der Waals surface area contributed by atoms with E-state index >= 15 is 0 Å². The molecule has 1 unspecified atom stereocenters. The number of amides is 2. The summed E-state index contributed by atoms with van der Waals surface area (Å²) in [4.78, 5) is 27.8. The molecule has 4 nitrogen and oxygen atoms in total. The molecule has 1 atom stereocenters. The van der Waals surface area contributed by atoms with Gasteiger partial charge in [0.05, 0.1) is 5.92 Å². The Morgan fingerprint density at radius 1 is 1.09 bits per heavy atom. The van der Waals surface area contributed by atoms with Crippen LogP contribution in [0.3, 0.4) is 0 Å². The normalized spacial score (nSPS) is 17.0. The van der Waals surface area contributed by atoms with E-state index in [0.717, 1.165) is 12.0 Å². The zero-order valence-electron chi connectivity index (χ0n) is 13.2. The van der Waals surface area contributed by atoms with Crippen molar-refractivity contribution in [3.05, 3.63) is 35.6 Å². The molecule has 1 aromatic carbocycles. The van der Waals surface area contributed by atoms with E-state index in [-0.39, 0.29) is 23.5 Å². The van der Waals surface area contributed by atoms with Crippen molar-refractivity contribution in [3.8, 4) is 0 Å². The molecule has 0 bridgehead atoms. The molecule has 2 amide bonds. The first kappa shape index (κ1) is 16.5. The fraction of sp³-hybridized carbons (Fsp3) is 0.529. The number of nitrogens with zero attached hydrogens (tertiary/aromatic N) is 2. The minimum atomic E-state index is -0.294. The summed E-state index contributed by atoms with van der Waals surface area (Å²) < 4.78 is 13.0. The molecule has 0 N–H and O–H groups in total. The van der Waals surface area contributed by atoms with Crippen molar-refractivity contribution in [3.63, 3.8) is 0 Å². The number of benzene rings is 1. The zero-order chi connectivity index (χ0) is 16.1. The topological polar surface area (TPSA) is 40.6 Å². The summed E-state index contributed by atoms with van der Waals surface area (Å²) in [6.45, 7) is 6.04. The highest BCUT2D eigenvalue weighted by Crippen LogP contribution is 2.23. The fourth-order valence-electron chi connectivity index (χ4n) is 2.92. The van der Waals surface area contributed by atoms with Gasteiger partial charge in [-0.15, -0.1) is 0 Å². The van der Waals surface area contributed by atoms with Crippen LogP contribution >= 0.6 is 0 Å². The molecular weight excluding hydrogens is 283 g/mol. The van der Waals surface area contributed by atoms with E-state index in [2.05, 4.69) is 0 Å². The summed E-state index contributed by atoms with van der Waals surface area (Å²) in [7, 11) is 0. The second-order valence-corrected chi connectivity index (χ2v) is 5.70. The van der Waals surface area contributed by atoms with Crippen LogP contribution in [0.5, 0.6) is 0 Å². The van der Waals surface area contributed by atoms with Crippen LogP contribution < -0.4 is 0 Å². The van der Waals surface area contributed by atoms with Gasteiger partial charge in [0, 0.05) is 33.1 Å². The Balaban J connectivity index is 2.08. The summed E-state index contributed by atoms with van der Waals surface area (Å²) in [5, 5.41) is 0. The van der Waals surface area contributed by atoms with Crippen LogP contribution in [-0.2, 0) is 9.59 Å². The lowest BCUT2D eigenvalue weighted by molar-refractivity contribution is -0.134. The molecule has 1 saturated heterocycles. The van der Waals surface area contributed by atoms with Crippen LogP contribution in [-0.4, -0.2) is 47.8 Å². The SMILES string of the molecule is CCC(C(=O)N1CCCN(C(C)=O)CC1)c1ccc(F)cc1. The molecule has 5 heteroatoms. The predicted molar refractivity (Wildman–Crippen MR) is 82.9 cm³/mol. The summed E-state index contributed by atoms with van der Waals surface area (Å²) in [6, 6.07) is 6.15. The van der Waals surface area contributed by atoms with E-state index in [1.54, 1.807) is 24.0 Å². The van der Waals surface area contributed by atoms with Gasteiger partial charge in [0.2, 0.25) is 11.8 Å². The maximum atomic E-state index is 13.0. The van der Waals surface area contributed by atoms with Crippen molar-refractivity contribution < 1.29 is 14.0 Å². The van der Waals surface area contributed by atoms with Crippen LogP contribution in [0.4, 0.5) is 4.39 Å². The highest BCUT2D eigenvalue weighted by atomic mass is 19.1. The standard InChI is InChI=1S/C17H23FN2O2/c1-3-16(14-5-7-15(18)8-6-14)17(22)20-10-4-9-19(11-12-20)13(2)21/h5-8,16H,3-4,9-12H2,1-2H3. The van der Waals surface area contributed by atoms with Crippen molar-refractivity contribution in [2.75, 3.05) is 26.2 Å². The third-order valence-corrected chi connectivity index (χ3v) is 4.23. The van der Waals surface area contributed by atoms with E-state index in [1.165, 1.54) is 12.1 Å². The van der Waals surface area contributed by atoms with Gasteiger partial charge in [-0.1, -0.05) is 19.1 Å². The van der Waals surface area contributed by atoms with E-state index in [1.807, 2.05) is 11.8 Å². The predicted octanol–water partition coefficient (Wildman–Crippen LogP) is 2.40. The Morgan fingerprint density at radius 3 is 2.27 bits per heavy atom. The first-order valence-electron chi connectivity index (χ1n) is 7.82. The minimum Gasteiger partial charge on any atom is -0.341 e. The lowest BCUT2D eigenvalue weighted by Gasteiger charge is -2.26. The molecule has 1 fully saturated rings. The number of hydrogen-bond acceptors (Lipinski definition) is 2. The van der Waals surface area contributed by atoms with Gasteiger partial charge in [-0.05, 0) is 30.5 Å². The molecule has 0 radical (unpaired) electrons. The number of carbonyl (C=O) groups is 2. The van der Waals surface area contributed by atoms with Crippen LogP contribution in [0, 0.1) is 5.82 Å². The number of halogens is 1. The van der Waals surface area contributed by atoms with Gasteiger partial charge < -0.3 is 9.80 Å². The lowest BCUT2D eigenvalue weighted by Crippen LogP contribution is -2.38. The van der Waals surface area contributed by atoms with Crippen LogP contribution in [0.25, 0.3) is 0 Å². The molecular formula is C17H23FN2O2. The van der Waals surface area contributed by atoms with Gasteiger partial charge in [-0.2, -0.15) is 0 Å². The number of hydrogen-bond donors (Lipinski definition) is 0. The third kappa shape index (κ3) is 3.84. The van der Waals surface area contributed by atoms with Crippen molar-refractivity contribution in [1.29, 1.82) is 0 Å². The molecule has 120 valence electrons. The molecule has 2 rings (SSSR count). The zero-order valence-corrected chi connectivity index (χ0v) is 13.2. The monoisotopic (exact) mass is 306 g/mol. The number of rotatable bonds is 3. The molecule has 0 aromatic heterocycles. The van der Waals surface area contributed by atoms with Gasteiger partial charge in [0.25, 0.3) is 0 Å². The maximum absolute atomic E-state index is 13.0. The van der Waals surface area contributed by atoms with Crippen LogP contribution in [0.15, 0.2) is 24.3 Å². The third-order valence-electron chi connectivity index (χ3n) is 4.23. The molecule has 1 aliphatic rings. The first-order chi connectivity index (χ1) is 10.5. The van der Waals surface area contributed by atoms with E-state index < -0.39 is 0 Å². The molecule has 0 saturated carbocycles. The molecule has 22 heavy (non-hydrogen) atoms. The molecule has 0 spiro atoms. The second-order valence-electron chi connectivity index (χ2n) is 5.70. The second kappa shape index (κ2) is 7.38. The average Bonchev–Trinajstić information content (AvgIpc) is 2.76. The maximum Gasteiger partial charge on any atom is 0.230 e. The highest BCUT2D eigenvalue weighted by Gasteiger charge is 2.26. The van der Waals surface area contributed by atoms with E-state index in [9.17, 15) is 14.0 Å². The molecule has 1 aliphatic heterocycles. The minimum absolute atomic E-state index is 0.0554. The van der Waals surface area contributed by atoms with E-state index in [0.29, 0.717) is 32.6 Å². The largest absolute Gasteiger partial charge is 0.341 e. The fourth-order valence-corrected chi connectivity index (χ4v) is 2.92.